The first-order valence-electron chi connectivity index (χ1n) is 5.89. The van der Waals surface area contributed by atoms with Crippen molar-refractivity contribution in [3.63, 3.8) is 0 Å². The summed E-state index contributed by atoms with van der Waals surface area (Å²) in [6.45, 7) is 16.8. The predicted octanol–water partition coefficient (Wildman–Crippen LogP) is 2.45. The maximum atomic E-state index is 2.56. The molecule has 0 aromatic carbocycles. The summed E-state index contributed by atoms with van der Waals surface area (Å²) in [5, 5.41) is 0. The summed E-state index contributed by atoms with van der Waals surface area (Å²) in [4.78, 5) is 5.01. The molecule has 0 saturated carbocycles. The molecule has 0 aliphatic carbocycles. The Morgan fingerprint density at radius 2 is 1.57 bits per heavy atom. The third-order valence-corrected chi connectivity index (χ3v) is 3.08. The van der Waals surface area contributed by atoms with Crippen LogP contribution in [0.2, 0.25) is 0 Å². The first kappa shape index (κ1) is 13.9. The molecular weight excluding hydrogens is 172 g/mol. The monoisotopic (exact) mass is 200 g/mol. The minimum Gasteiger partial charge on any atom is -0.299 e. The molecule has 0 atom stereocenters. The molecule has 2 nitrogen and oxygen atoms in total. The average molecular weight is 200 g/mol. The van der Waals surface area contributed by atoms with Crippen LogP contribution in [0.3, 0.4) is 0 Å². The largest absolute Gasteiger partial charge is 0.299 e. The second-order valence-corrected chi connectivity index (χ2v) is 4.80. The minimum absolute atomic E-state index is 0.350. The van der Waals surface area contributed by atoms with Crippen molar-refractivity contribution in [2.24, 2.45) is 0 Å². The Balaban J connectivity index is 0.000000791. The summed E-state index contributed by atoms with van der Waals surface area (Å²) in [5.74, 6) is 0. The van der Waals surface area contributed by atoms with Gasteiger partial charge in [-0.3, -0.25) is 9.80 Å². The predicted molar refractivity (Wildman–Crippen MR) is 64.8 cm³/mol. The first-order valence-corrected chi connectivity index (χ1v) is 5.89. The number of likely N-dealkylation sites (N-methyl/N-ethyl adjacent to an activating group) is 1. The highest BCUT2D eigenvalue weighted by molar-refractivity contribution is 4.89. The Morgan fingerprint density at radius 3 is 1.93 bits per heavy atom. The van der Waals surface area contributed by atoms with Gasteiger partial charge in [0.25, 0.3) is 0 Å². The maximum absolute atomic E-state index is 2.56. The molecule has 0 spiro atoms. The molecule has 14 heavy (non-hydrogen) atoms. The molecule has 0 bridgehead atoms. The third kappa shape index (κ3) is 3.58. The van der Waals surface area contributed by atoms with Gasteiger partial charge in [-0.15, -0.1) is 0 Å². The molecule has 1 aliphatic rings. The van der Waals surface area contributed by atoms with Crippen LogP contribution in [0.1, 0.15) is 41.5 Å². The number of nitrogens with zero attached hydrogens (tertiary/aromatic N) is 2. The highest BCUT2D eigenvalue weighted by Crippen LogP contribution is 2.19. The summed E-state index contributed by atoms with van der Waals surface area (Å²) < 4.78 is 0. The van der Waals surface area contributed by atoms with Crippen molar-refractivity contribution in [3.05, 3.63) is 0 Å². The minimum atomic E-state index is 0.350. The van der Waals surface area contributed by atoms with Gasteiger partial charge < -0.3 is 0 Å². The van der Waals surface area contributed by atoms with E-state index in [2.05, 4.69) is 44.5 Å². The lowest BCUT2D eigenvalue weighted by Gasteiger charge is -2.46. The molecule has 1 saturated heterocycles. The molecule has 1 fully saturated rings. The van der Waals surface area contributed by atoms with Gasteiger partial charge in [-0.2, -0.15) is 0 Å². The van der Waals surface area contributed by atoms with Crippen LogP contribution >= 0.6 is 0 Å². The van der Waals surface area contributed by atoms with Crippen molar-refractivity contribution < 1.29 is 0 Å². The Kier molecular flexibility index (Phi) is 5.68. The van der Waals surface area contributed by atoms with Gasteiger partial charge in [0, 0.05) is 31.2 Å². The lowest BCUT2D eigenvalue weighted by molar-refractivity contribution is 0.0245. The molecular formula is C12H28N2. The van der Waals surface area contributed by atoms with E-state index in [1.807, 2.05) is 13.8 Å². The number of hydrogen-bond acceptors (Lipinski definition) is 2. The Hall–Kier alpha value is -0.0800. The van der Waals surface area contributed by atoms with Crippen molar-refractivity contribution >= 4 is 0 Å². The summed E-state index contributed by atoms with van der Waals surface area (Å²) in [5.41, 5.74) is 0.350. The van der Waals surface area contributed by atoms with E-state index in [0.29, 0.717) is 11.6 Å². The smallest absolute Gasteiger partial charge is 0.0277 e. The van der Waals surface area contributed by atoms with Crippen LogP contribution in [-0.4, -0.2) is 48.1 Å². The molecule has 1 aliphatic heterocycles. The summed E-state index contributed by atoms with van der Waals surface area (Å²) in [6.07, 6.45) is 0. The van der Waals surface area contributed by atoms with Crippen molar-refractivity contribution in [2.45, 2.75) is 53.1 Å². The summed E-state index contributed by atoms with van der Waals surface area (Å²) in [7, 11) is 2.22. The fourth-order valence-electron chi connectivity index (χ4n) is 1.72. The molecule has 0 aromatic heterocycles. The van der Waals surface area contributed by atoms with Crippen molar-refractivity contribution in [1.82, 2.24) is 9.80 Å². The quantitative estimate of drug-likeness (QED) is 0.641. The topological polar surface area (TPSA) is 6.48 Å². The Bertz CT molecular complexity index is 152. The van der Waals surface area contributed by atoms with E-state index >= 15 is 0 Å². The van der Waals surface area contributed by atoms with Crippen LogP contribution in [0.4, 0.5) is 0 Å². The van der Waals surface area contributed by atoms with Gasteiger partial charge in [0.1, 0.15) is 0 Å². The van der Waals surface area contributed by atoms with Gasteiger partial charge in [-0.1, -0.05) is 13.8 Å². The third-order valence-electron chi connectivity index (χ3n) is 3.08. The second-order valence-electron chi connectivity index (χ2n) is 4.80. The first-order chi connectivity index (χ1) is 6.43. The molecule has 1 heterocycles. The van der Waals surface area contributed by atoms with Crippen LogP contribution < -0.4 is 0 Å². The van der Waals surface area contributed by atoms with Crippen LogP contribution in [0.25, 0.3) is 0 Å². The van der Waals surface area contributed by atoms with Gasteiger partial charge in [0.2, 0.25) is 0 Å². The summed E-state index contributed by atoms with van der Waals surface area (Å²) >= 11 is 0. The Morgan fingerprint density at radius 1 is 1.07 bits per heavy atom. The second kappa shape index (κ2) is 5.72. The molecule has 0 amide bonds. The molecule has 0 unspecified atom stereocenters. The van der Waals surface area contributed by atoms with Crippen LogP contribution in [0.5, 0.6) is 0 Å². The van der Waals surface area contributed by atoms with Crippen LogP contribution in [-0.2, 0) is 0 Å². The van der Waals surface area contributed by atoms with Gasteiger partial charge >= 0.3 is 0 Å². The van der Waals surface area contributed by atoms with Crippen molar-refractivity contribution in [3.8, 4) is 0 Å². The lowest BCUT2D eigenvalue weighted by Crippen LogP contribution is -2.58. The SMILES string of the molecule is CC.CC(C)N1CCN(C)C(C)(C)C1. The number of rotatable bonds is 1. The van der Waals surface area contributed by atoms with E-state index in [0.717, 1.165) is 0 Å². The van der Waals surface area contributed by atoms with E-state index in [9.17, 15) is 0 Å². The summed E-state index contributed by atoms with van der Waals surface area (Å²) in [6, 6.07) is 0.693. The maximum Gasteiger partial charge on any atom is 0.0277 e. The highest BCUT2D eigenvalue weighted by Gasteiger charge is 2.31. The molecule has 1 rings (SSSR count). The zero-order chi connectivity index (χ0) is 11.4. The van der Waals surface area contributed by atoms with Crippen molar-refractivity contribution in [2.75, 3.05) is 26.7 Å². The number of piperazine rings is 1. The van der Waals surface area contributed by atoms with Crippen LogP contribution in [0, 0.1) is 0 Å². The molecule has 0 N–H and O–H groups in total. The van der Waals surface area contributed by atoms with Gasteiger partial charge in [0.05, 0.1) is 0 Å². The average Bonchev–Trinajstić information content (AvgIpc) is 2.13. The zero-order valence-corrected chi connectivity index (χ0v) is 11.1. The van der Waals surface area contributed by atoms with Gasteiger partial charge in [-0.05, 0) is 34.7 Å². The molecule has 0 radical (unpaired) electrons. The molecule has 0 aromatic rings. The molecule has 86 valence electrons. The zero-order valence-electron chi connectivity index (χ0n) is 11.1. The highest BCUT2D eigenvalue weighted by atomic mass is 15.3. The van der Waals surface area contributed by atoms with E-state index in [1.165, 1.54) is 19.6 Å². The van der Waals surface area contributed by atoms with Gasteiger partial charge in [-0.25, -0.2) is 0 Å². The van der Waals surface area contributed by atoms with Gasteiger partial charge in [0.15, 0.2) is 0 Å². The fraction of sp³-hybridized carbons (Fsp3) is 1.00. The number of hydrogen-bond donors (Lipinski definition) is 0. The lowest BCUT2D eigenvalue weighted by atomic mass is 9.99. The van der Waals surface area contributed by atoms with E-state index < -0.39 is 0 Å². The normalized spacial score (nSPS) is 23.1. The Labute approximate surface area is 90.3 Å². The molecule has 2 heteroatoms. The standard InChI is InChI=1S/C10H22N2.C2H6/c1-9(2)12-7-6-11(5)10(3,4)8-12;1-2/h9H,6-8H2,1-5H3;1-2H3. The van der Waals surface area contributed by atoms with Crippen LogP contribution in [0.15, 0.2) is 0 Å². The van der Waals surface area contributed by atoms with E-state index in [4.69, 9.17) is 0 Å². The van der Waals surface area contributed by atoms with Crippen molar-refractivity contribution in [1.29, 1.82) is 0 Å². The fourth-order valence-corrected chi connectivity index (χ4v) is 1.72. The van der Waals surface area contributed by atoms with E-state index in [1.54, 1.807) is 0 Å². The van der Waals surface area contributed by atoms with E-state index in [-0.39, 0.29) is 0 Å².